The Labute approximate surface area is 106 Å². The van der Waals surface area contributed by atoms with E-state index in [9.17, 15) is 14.2 Å². The van der Waals surface area contributed by atoms with Gasteiger partial charge in [0, 0.05) is 14.2 Å². The van der Waals surface area contributed by atoms with Gasteiger partial charge in [0.1, 0.15) is 6.16 Å². The number of ketones is 1. The van der Waals surface area contributed by atoms with E-state index in [-0.39, 0.29) is 6.42 Å². The largest absolute Gasteiger partial charge is 0.453 e. The van der Waals surface area contributed by atoms with Gasteiger partial charge in [-0.15, -0.1) is 6.58 Å². The molecule has 0 heterocycles. The average Bonchev–Trinajstić information content (AvgIpc) is 2.37. The Morgan fingerprint density at radius 3 is 2.28 bits per heavy atom. The van der Waals surface area contributed by atoms with E-state index in [1.807, 2.05) is 0 Å². The molecule has 0 aromatic heterocycles. The fraction of sp³-hybridized carbons (Fsp3) is 0.600. The number of carbonyl (C=O) groups is 2. The Balaban J connectivity index is 4.71. The SMILES string of the molecule is C=CC[C@H](NC(=O)OC)C(=O)CP(=O)(OC)OC. The normalized spacial score (nSPS) is 12.6. The van der Waals surface area contributed by atoms with Crippen LogP contribution in [0.2, 0.25) is 0 Å². The number of ether oxygens (including phenoxy) is 1. The summed E-state index contributed by atoms with van der Waals surface area (Å²) in [6.07, 6.45) is 0.479. The summed E-state index contributed by atoms with van der Waals surface area (Å²) in [7, 11) is 0.114. The summed E-state index contributed by atoms with van der Waals surface area (Å²) in [5, 5.41) is 2.32. The van der Waals surface area contributed by atoms with Crippen molar-refractivity contribution in [3.05, 3.63) is 12.7 Å². The Hall–Kier alpha value is -1.17. The standard InChI is InChI=1S/C10H18NO6P/c1-5-6-8(11-10(13)15-2)9(12)7-18(14,16-3)17-4/h5,8H,1,6-7H2,2-4H3,(H,11,13)/t8-/m0/s1. The van der Waals surface area contributed by atoms with Crippen LogP contribution in [0.1, 0.15) is 6.42 Å². The number of carbonyl (C=O) groups excluding carboxylic acids is 2. The highest BCUT2D eigenvalue weighted by Gasteiger charge is 2.30. The van der Waals surface area contributed by atoms with Crippen molar-refractivity contribution in [1.82, 2.24) is 5.32 Å². The lowest BCUT2D eigenvalue weighted by Gasteiger charge is -2.18. The lowest BCUT2D eigenvalue weighted by atomic mass is 10.1. The molecule has 0 aromatic carbocycles. The molecule has 0 unspecified atom stereocenters. The quantitative estimate of drug-likeness (QED) is 0.532. The summed E-state index contributed by atoms with van der Waals surface area (Å²) in [5.74, 6) is -0.479. The van der Waals surface area contributed by atoms with Crippen LogP contribution in [-0.2, 0) is 23.1 Å². The van der Waals surface area contributed by atoms with Gasteiger partial charge in [0.05, 0.1) is 13.2 Å². The predicted molar refractivity (Wildman–Crippen MR) is 65.6 cm³/mol. The van der Waals surface area contributed by atoms with E-state index in [1.54, 1.807) is 0 Å². The van der Waals surface area contributed by atoms with Gasteiger partial charge in [0.2, 0.25) is 0 Å². The molecule has 0 aliphatic carbocycles. The molecule has 1 N–H and O–H groups in total. The van der Waals surface area contributed by atoms with Crippen molar-refractivity contribution >= 4 is 19.5 Å². The molecule has 0 bridgehead atoms. The zero-order valence-electron chi connectivity index (χ0n) is 10.7. The van der Waals surface area contributed by atoms with E-state index in [0.717, 1.165) is 0 Å². The number of methoxy groups -OCH3 is 1. The summed E-state index contributed by atoms with van der Waals surface area (Å²) >= 11 is 0. The van der Waals surface area contributed by atoms with Crippen LogP contribution in [0.15, 0.2) is 12.7 Å². The fourth-order valence-corrected chi connectivity index (χ4v) is 2.15. The molecule has 0 aliphatic rings. The van der Waals surface area contributed by atoms with Gasteiger partial charge in [-0.05, 0) is 6.42 Å². The molecule has 0 radical (unpaired) electrons. The summed E-state index contributed by atoms with van der Waals surface area (Å²) in [4.78, 5) is 22.9. The lowest BCUT2D eigenvalue weighted by molar-refractivity contribution is -0.118. The highest BCUT2D eigenvalue weighted by Crippen LogP contribution is 2.46. The van der Waals surface area contributed by atoms with Crippen LogP contribution in [0.25, 0.3) is 0 Å². The van der Waals surface area contributed by atoms with Crippen LogP contribution in [0, 0.1) is 0 Å². The second-order valence-corrected chi connectivity index (χ2v) is 5.58. The molecule has 0 saturated heterocycles. The summed E-state index contributed by atoms with van der Waals surface area (Å²) < 4.78 is 25.5. The minimum Gasteiger partial charge on any atom is -0.453 e. The highest BCUT2D eigenvalue weighted by molar-refractivity contribution is 7.54. The number of nitrogens with one attached hydrogen (secondary N) is 1. The number of hydrogen-bond donors (Lipinski definition) is 1. The Bertz CT molecular complexity index is 348. The first-order chi connectivity index (χ1) is 8.42. The third kappa shape index (κ3) is 5.44. The molecule has 7 nitrogen and oxygen atoms in total. The minimum absolute atomic E-state index is 0.196. The van der Waals surface area contributed by atoms with Gasteiger partial charge >= 0.3 is 13.7 Å². The first kappa shape index (κ1) is 16.8. The molecular formula is C10H18NO6P. The Morgan fingerprint density at radius 2 is 1.89 bits per heavy atom. The summed E-state index contributed by atoms with van der Waals surface area (Å²) in [6, 6.07) is -0.867. The van der Waals surface area contributed by atoms with E-state index in [2.05, 4.69) is 25.7 Å². The number of alkyl carbamates (subject to hydrolysis) is 1. The maximum absolute atomic E-state index is 11.9. The molecule has 1 atom stereocenters. The monoisotopic (exact) mass is 279 g/mol. The molecule has 18 heavy (non-hydrogen) atoms. The molecule has 104 valence electrons. The summed E-state index contributed by atoms with van der Waals surface area (Å²) in [6.45, 7) is 3.48. The molecule has 0 saturated carbocycles. The van der Waals surface area contributed by atoms with Gasteiger partial charge in [-0.25, -0.2) is 4.79 Å². The van der Waals surface area contributed by atoms with Gasteiger partial charge in [-0.3, -0.25) is 9.36 Å². The van der Waals surface area contributed by atoms with Crippen LogP contribution in [-0.4, -0.2) is 45.4 Å². The van der Waals surface area contributed by atoms with Crippen molar-refractivity contribution in [2.24, 2.45) is 0 Å². The second kappa shape index (κ2) is 8.02. The first-order valence-electron chi connectivity index (χ1n) is 5.11. The number of Topliss-reactive ketones (excluding diaryl/α,β-unsaturated/α-hetero) is 1. The van der Waals surface area contributed by atoms with Gasteiger partial charge in [-0.2, -0.15) is 0 Å². The third-order valence-corrected chi connectivity index (χ3v) is 3.99. The molecule has 0 fully saturated rings. The number of hydrogen-bond acceptors (Lipinski definition) is 6. The summed E-state index contributed by atoms with van der Waals surface area (Å²) in [5.41, 5.74) is 0. The van der Waals surface area contributed by atoms with E-state index < -0.39 is 31.7 Å². The lowest BCUT2D eigenvalue weighted by Crippen LogP contribution is -2.41. The van der Waals surface area contributed by atoms with E-state index >= 15 is 0 Å². The van der Waals surface area contributed by atoms with Crippen LogP contribution in [0.4, 0.5) is 4.79 Å². The molecule has 0 aromatic rings. The maximum atomic E-state index is 11.9. The number of rotatable bonds is 8. The Morgan fingerprint density at radius 1 is 1.33 bits per heavy atom. The fourth-order valence-electron chi connectivity index (χ4n) is 1.14. The van der Waals surface area contributed by atoms with E-state index in [0.29, 0.717) is 0 Å². The average molecular weight is 279 g/mol. The topological polar surface area (TPSA) is 90.9 Å². The smallest absolute Gasteiger partial charge is 0.407 e. The van der Waals surface area contributed by atoms with Gasteiger partial charge < -0.3 is 19.1 Å². The van der Waals surface area contributed by atoms with Gasteiger partial charge in [-0.1, -0.05) is 6.08 Å². The second-order valence-electron chi connectivity index (χ2n) is 3.31. The zero-order chi connectivity index (χ0) is 14.2. The van der Waals surface area contributed by atoms with Crippen molar-refractivity contribution in [2.45, 2.75) is 12.5 Å². The van der Waals surface area contributed by atoms with Crippen molar-refractivity contribution in [2.75, 3.05) is 27.5 Å². The third-order valence-electron chi connectivity index (χ3n) is 2.17. The van der Waals surface area contributed by atoms with E-state index in [1.165, 1.54) is 27.4 Å². The van der Waals surface area contributed by atoms with Crippen LogP contribution >= 0.6 is 7.60 Å². The molecule has 0 spiro atoms. The highest BCUT2D eigenvalue weighted by atomic mass is 31.2. The van der Waals surface area contributed by atoms with Crippen molar-refractivity contribution in [3.63, 3.8) is 0 Å². The number of amides is 1. The van der Waals surface area contributed by atoms with Crippen LogP contribution < -0.4 is 5.32 Å². The van der Waals surface area contributed by atoms with Crippen LogP contribution in [0.5, 0.6) is 0 Å². The maximum Gasteiger partial charge on any atom is 0.407 e. The predicted octanol–water partition coefficient (Wildman–Crippen LogP) is 1.34. The first-order valence-corrected chi connectivity index (χ1v) is 6.83. The van der Waals surface area contributed by atoms with Gasteiger partial charge in [0.15, 0.2) is 5.78 Å². The van der Waals surface area contributed by atoms with Crippen molar-refractivity contribution < 1.29 is 27.9 Å². The Kier molecular flexibility index (Phi) is 7.50. The van der Waals surface area contributed by atoms with Crippen molar-refractivity contribution in [1.29, 1.82) is 0 Å². The molecule has 8 heteroatoms. The molecular weight excluding hydrogens is 261 g/mol. The zero-order valence-corrected chi connectivity index (χ0v) is 11.6. The minimum atomic E-state index is -3.44. The van der Waals surface area contributed by atoms with Crippen LogP contribution in [0.3, 0.4) is 0 Å². The molecule has 1 amide bonds. The van der Waals surface area contributed by atoms with Crippen molar-refractivity contribution in [3.8, 4) is 0 Å². The molecule has 0 rings (SSSR count). The van der Waals surface area contributed by atoms with E-state index in [4.69, 9.17) is 0 Å². The van der Waals surface area contributed by atoms with Gasteiger partial charge in [0.25, 0.3) is 0 Å². The molecule has 0 aliphatic heterocycles.